The van der Waals surface area contributed by atoms with Gasteiger partial charge in [0.15, 0.2) is 6.61 Å². The molecule has 0 aliphatic rings. The summed E-state index contributed by atoms with van der Waals surface area (Å²) >= 11 is 0. The summed E-state index contributed by atoms with van der Waals surface area (Å²) in [5.41, 5.74) is 0.267. The second kappa shape index (κ2) is 6.58. The van der Waals surface area contributed by atoms with Crippen LogP contribution in [-0.4, -0.2) is 31.1 Å². The first kappa shape index (κ1) is 14.7. The number of nitrogens with one attached hydrogen (secondary N) is 2. The first-order valence-corrected chi connectivity index (χ1v) is 5.75. The monoisotopic (exact) mass is 268 g/mol. The van der Waals surface area contributed by atoms with Crippen LogP contribution in [0.25, 0.3) is 0 Å². The summed E-state index contributed by atoms with van der Waals surface area (Å²) in [6, 6.07) is 0.901. The normalized spacial score (nSPS) is 9.84. The SMILES string of the molecule is CCNC(=O)NC(=O)COC(=O)c1cc(C)oc1C. The van der Waals surface area contributed by atoms with Crippen molar-refractivity contribution in [1.82, 2.24) is 10.6 Å². The third kappa shape index (κ3) is 4.46. The lowest BCUT2D eigenvalue weighted by atomic mass is 10.2. The molecule has 0 unspecified atom stereocenters. The molecule has 2 N–H and O–H groups in total. The summed E-state index contributed by atoms with van der Waals surface area (Å²) in [5.74, 6) is -0.361. The van der Waals surface area contributed by atoms with Crippen LogP contribution in [0.3, 0.4) is 0 Å². The Labute approximate surface area is 110 Å². The van der Waals surface area contributed by atoms with Crippen LogP contribution in [0.1, 0.15) is 28.8 Å². The number of rotatable bonds is 4. The molecule has 104 valence electrons. The topological polar surface area (TPSA) is 97.6 Å². The second-order valence-electron chi connectivity index (χ2n) is 3.81. The van der Waals surface area contributed by atoms with Crippen LogP contribution in [0, 0.1) is 13.8 Å². The molecule has 7 heteroatoms. The number of furan rings is 1. The molecule has 1 heterocycles. The van der Waals surface area contributed by atoms with Gasteiger partial charge in [-0.3, -0.25) is 10.1 Å². The van der Waals surface area contributed by atoms with E-state index in [1.807, 2.05) is 5.32 Å². The van der Waals surface area contributed by atoms with Gasteiger partial charge in [-0.15, -0.1) is 0 Å². The third-order valence-electron chi connectivity index (χ3n) is 2.19. The van der Waals surface area contributed by atoms with Crippen LogP contribution < -0.4 is 10.6 Å². The molecule has 1 aromatic heterocycles. The fraction of sp³-hybridized carbons (Fsp3) is 0.417. The number of carbonyl (C=O) groups is 3. The smallest absolute Gasteiger partial charge is 0.342 e. The van der Waals surface area contributed by atoms with Crippen molar-refractivity contribution < 1.29 is 23.5 Å². The molecule has 0 aromatic carbocycles. The van der Waals surface area contributed by atoms with E-state index >= 15 is 0 Å². The van der Waals surface area contributed by atoms with Crippen molar-refractivity contribution in [3.63, 3.8) is 0 Å². The fourth-order valence-corrected chi connectivity index (χ4v) is 1.41. The Morgan fingerprint density at radius 3 is 2.53 bits per heavy atom. The molecule has 0 saturated heterocycles. The molecule has 0 bridgehead atoms. The van der Waals surface area contributed by atoms with E-state index in [1.165, 1.54) is 6.07 Å². The molecule has 0 saturated carbocycles. The van der Waals surface area contributed by atoms with Crippen molar-refractivity contribution in [2.75, 3.05) is 13.2 Å². The minimum absolute atomic E-state index is 0.267. The third-order valence-corrected chi connectivity index (χ3v) is 2.19. The highest BCUT2D eigenvalue weighted by atomic mass is 16.5. The number of amides is 3. The molecule has 1 aromatic rings. The lowest BCUT2D eigenvalue weighted by molar-refractivity contribution is -0.123. The van der Waals surface area contributed by atoms with Crippen molar-refractivity contribution >= 4 is 17.9 Å². The summed E-state index contributed by atoms with van der Waals surface area (Å²) in [6.07, 6.45) is 0. The maximum Gasteiger partial charge on any atom is 0.342 e. The molecule has 0 fully saturated rings. The lowest BCUT2D eigenvalue weighted by Crippen LogP contribution is -2.41. The van der Waals surface area contributed by atoms with E-state index in [4.69, 9.17) is 9.15 Å². The number of carbonyl (C=O) groups excluding carboxylic acids is 3. The van der Waals surface area contributed by atoms with Crippen LogP contribution in [0.2, 0.25) is 0 Å². The zero-order valence-corrected chi connectivity index (χ0v) is 11.0. The zero-order chi connectivity index (χ0) is 14.4. The van der Waals surface area contributed by atoms with Gasteiger partial charge < -0.3 is 14.5 Å². The van der Waals surface area contributed by atoms with E-state index in [-0.39, 0.29) is 5.56 Å². The van der Waals surface area contributed by atoms with Gasteiger partial charge in [-0.05, 0) is 26.8 Å². The van der Waals surface area contributed by atoms with E-state index in [9.17, 15) is 14.4 Å². The average Bonchev–Trinajstić information content (AvgIpc) is 2.65. The Kier molecular flexibility index (Phi) is 5.11. The molecule has 3 amide bonds. The Morgan fingerprint density at radius 2 is 2.00 bits per heavy atom. The first-order valence-electron chi connectivity index (χ1n) is 5.75. The van der Waals surface area contributed by atoms with Gasteiger partial charge in [0.05, 0.1) is 0 Å². The predicted octanol–water partition coefficient (Wildman–Crippen LogP) is 0.899. The number of imide groups is 1. The van der Waals surface area contributed by atoms with Crippen LogP contribution in [0.4, 0.5) is 4.79 Å². The van der Waals surface area contributed by atoms with Gasteiger partial charge in [0.2, 0.25) is 0 Å². The van der Waals surface area contributed by atoms with Gasteiger partial charge in [-0.1, -0.05) is 0 Å². The molecular weight excluding hydrogens is 252 g/mol. The molecule has 0 aliphatic carbocycles. The van der Waals surface area contributed by atoms with Gasteiger partial charge in [-0.25, -0.2) is 9.59 Å². The van der Waals surface area contributed by atoms with Crippen molar-refractivity contribution in [1.29, 1.82) is 0 Å². The van der Waals surface area contributed by atoms with Crippen molar-refractivity contribution in [3.8, 4) is 0 Å². The van der Waals surface area contributed by atoms with E-state index in [0.29, 0.717) is 18.1 Å². The molecule has 0 aliphatic heterocycles. The summed E-state index contributed by atoms with van der Waals surface area (Å²) in [6.45, 7) is 4.91. The highest BCUT2D eigenvalue weighted by Crippen LogP contribution is 2.14. The fourth-order valence-electron chi connectivity index (χ4n) is 1.41. The highest BCUT2D eigenvalue weighted by molar-refractivity contribution is 5.97. The van der Waals surface area contributed by atoms with Crippen LogP contribution in [0.15, 0.2) is 10.5 Å². The summed E-state index contributed by atoms with van der Waals surface area (Å²) < 4.78 is 9.95. The van der Waals surface area contributed by atoms with Crippen molar-refractivity contribution in [2.24, 2.45) is 0 Å². The van der Waals surface area contributed by atoms with E-state index in [0.717, 1.165) is 0 Å². The molecule has 19 heavy (non-hydrogen) atoms. The number of ether oxygens (including phenoxy) is 1. The number of urea groups is 1. The minimum atomic E-state index is -0.697. The van der Waals surface area contributed by atoms with Crippen LogP contribution in [-0.2, 0) is 9.53 Å². The standard InChI is InChI=1S/C12H16N2O5/c1-4-13-12(17)14-10(15)6-18-11(16)9-5-7(2)19-8(9)3/h5H,4,6H2,1-3H3,(H2,13,14,15,17). The van der Waals surface area contributed by atoms with Crippen molar-refractivity contribution in [3.05, 3.63) is 23.2 Å². The van der Waals surface area contributed by atoms with Crippen LogP contribution in [0.5, 0.6) is 0 Å². The molecule has 0 spiro atoms. The molecule has 0 atom stereocenters. The second-order valence-corrected chi connectivity index (χ2v) is 3.81. The lowest BCUT2D eigenvalue weighted by Gasteiger charge is -2.05. The molecule has 1 rings (SSSR count). The van der Waals surface area contributed by atoms with Gasteiger partial charge in [0.25, 0.3) is 5.91 Å². The number of esters is 1. The number of aryl methyl sites for hydroxylation is 2. The van der Waals surface area contributed by atoms with Gasteiger partial charge in [-0.2, -0.15) is 0 Å². The summed E-state index contributed by atoms with van der Waals surface area (Å²) in [7, 11) is 0. The highest BCUT2D eigenvalue weighted by Gasteiger charge is 2.16. The zero-order valence-electron chi connectivity index (χ0n) is 11.0. The molecular formula is C12H16N2O5. The van der Waals surface area contributed by atoms with E-state index in [1.54, 1.807) is 20.8 Å². The minimum Gasteiger partial charge on any atom is -0.466 e. The Morgan fingerprint density at radius 1 is 1.32 bits per heavy atom. The van der Waals surface area contributed by atoms with Gasteiger partial charge in [0, 0.05) is 6.54 Å². The largest absolute Gasteiger partial charge is 0.466 e. The van der Waals surface area contributed by atoms with Gasteiger partial charge >= 0.3 is 12.0 Å². The Balaban J connectivity index is 2.44. The number of hydrogen-bond acceptors (Lipinski definition) is 5. The quantitative estimate of drug-likeness (QED) is 0.790. The molecule has 0 radical (unpaired) electrons. The Hall–Kier alpha value is -2.31. The van der Waals surface area contributed by atoms with E-state index in [2.05, 4.69) is 5.32 Å². The maximum absolute atomic E-state index is 11.6. The number of hydrogen-bond donors (Lipinski definition) is 2. The average molecular weight is 268 g/mol. The summed E-state index contributed by atoms with van der Waals surface area (Å²) in [5, 5.41) is 4.40. The van der Waals surface area contributed by atoms with Crippen LogP contribution >= 0.6 is 0 Å². The maximum atomic E-state index is 11.6. The Bertz CT molecular complexity index is 492. The predicted molar refractivity (Wildman–Crippen MR) is 65.7 cm³/mol. The summed E-state index contributed by atoms with van der Waals surface area (Å²) in [4.78, 5) is 33.9. The first-order chi connectivity index (χ1) is 8.93. The van der Waals surface area contributed by atoms with E-state index < -0.39 is 24.5 Å². The van der Waals surface area contributed by atoms with Crippen molar-refractivity contribution in [2.45, 2.75) is 20.8 Å². The van der Waals surface area contributed by atoms with Gasteiger partial charge in [0.1, 0.15) is 17.1 Å². The molecule has 7 nitrogen and oxygen atoms in total.